The van der Waals surface area contributed by atoms with E-state index in [2.05, 4.69) is 0 Å². The molecule has 0 aliphatic carbocycles. The van der Waals surface area contributed by atoms with Gasteiger partial charge in [0.15, 0.2) is 0 Å². The maximum absolute atomic E-state index is 12.1. The van der Waals surface area contributed by atoms with Crippen molar-refractivity contribution in [3.8, 4) is 0 Å². The van der Waals surface area contributed by atoms with Gasteiger partial charge in [-0.25, -0.2) is 4.79 Å². The highest BCUT2D eigenvalue weighted by Crippen LogP contribution is 2.10. The summed E-state index contributed by atoms with van der Waals surface area (Å²) in [5.41, 5.74) is -0.434. The van der Waals surface area contributed by atoms with Gasteiger partial charge in [0.05, 0.1) is 5.56 Å². The smallest absolute Gasteiger partial charge is 0.330 e. The molecule has 0 aromatic carbocycles. The van der Waals surface area contributed by atoms with Gasteiger partial charge in [-0.05, 0) is 18.9 Å². The Hall–Kier alpha value is -2.11. The zero-order chi connectivity index (χ0) is 15.4. The van der Waals surface area contributed by atoms with E-state index in [1.54, 1.807) is 7.05 Å². The summed E-state index contributed by atoms with van der Waals surface area (Å²) in [5, 5.41) is 0. The fourth-order valence-electron chi connectivity index (χ4n) is 2.51. The van der Waals surface area contributed by atoms with Crippen molar-refractivity contribution in [2.45, 2.75) is 25.7 Å². The molecule has 1 fully saturated rings. The number of carbonyl (C=O) groups excluding carboxylic acids is 1. The second kappa shape index (κ2) is 6.56. The minimum Gasteiger partial charge on any atom is -0.339 e. The summed E-state index contributed by atoms with van der Waals surface area (Å²) < 4.78 is 2.37. The molecule has 1 aliphatic heterocycles. The molecule has 114 valence electrons. The molecule has 0 spiro atoms. The quantitative estimate of drug-likeness (QED) is 0.745. The molecule has 1 aromatic rings. The molecule has 1 saturated heterocycles. The van der Waals surface area contributed by atoms with Crippen LogP contribution in [0.5, 0.6) is 0 Å². The minimum absolute atomic E-state index is 0.0761. The Morgan fingerprint density at radius 2 is 1.71 bits per heavy atom. The van der Waals surface area contributed by atoms with Gasteiger partial charge in [-0.1, -0.05) is 12.8 Å². The molecule has 2 heterocycles. The lowest BCUT2D eigenvalue weighted by molar-refractivity contribution is -0.125. The first-order valence-corrected chi connectivity index (χ1v) is 7.24. The Kier molecular flexibility index (Phi) is 4.77. The third-order valence-electron chi connectivity index (χ3n) is 3.80. The van der Waals surface area contributed by atoms with Crippen LogP contribution in [0.15, 0.2) is 21.9 Å². The molecule has 6 nitrogen and oxygen atoms in total. The van der Waals surface area contributed by atoms with Crippen LogP contribution in [-0.4, -0.2) is 33.0 Å². The van der Waals surface area contributed by atoms with Crippen LogP contribution in [0.4, 0.5) is 0 Å². The second-order valence-electron chi connectivity index (χ2n) is 5.41. The molecule has 0 bridgehead atoms. The number of amides is 1. The van der Waals surface area contributed by atoms with Crippen molar-refractivity contribution in [1.82, 2.24) is 14.0 Å². The predicted molar refractivity (Wildman–Crippen MR) is 81.0 cm³/mol. The van der Waals surface area contributed by atoms with E-state index in [9.17, 15) is 14.4 Å². The van der Waals surface area contributed by atoms with Crippen LogP contribution in [0, 0.1) is 0 Å². The summed E-state index contributed by atoms with van der Waals surface area (Å²) in [6, 6.07) is 0. The molecule has 0 saturated carbocycles. The van der Waals surface area contributed by atoms with E-state index in [-0.39, 0.29) is 11.6 Å². The first-order valence-electron chi connectivity index (χ1n) is 7.24. The summed E-state index contributed by atoms with van der Waals surface area (Å²) in [4.78, 5) is 37.5. The van der Waals surface area contributed by atoms with Crippen LogP contribution in [0.25, 0.3) is 6.08 Å². The van der Waals surface area contributed by atoms with Crippen LogP contribution in [-0.2, 0) is 18.9 Å². The first kappa shape index (κ1) is 15.3. The SMILES string of the molecule is Cn1cc(/C=C/C(=O)N2CCCCCC2)c(=O)n(C)c1=O. The second-order valence-corrected chi connectivity index (χ2v) is 5.41. The van der Waals surface area contributed by atoms with Gasteiger partial charge in [0.2, 0.25) is 5.91 Å². The average molecular weight is 291 g/mol. The number of hydrogen-bond donors (Lipinski definition) is 0. The molecule has 1 amide bonds. The Morgan fingerprint density at radius 1 is 1.10 bits per heavy atom. The molecule has 6 heteroatoms. The third-order valence-corrected chi connectivity index (χ3v) is 3.80. The molecule has 0 N–H and O–H groups in total. The monoisotopic (exact) mass is 291 g/mol. The van der Waals surface area contributed by atoms with Crippen molar-refractivity contribution < 1.29 is 4.79 Å². The van der Waals surface area contributed by atoms with Gasteiger partial charge in [0.1, 0.15) is 0 Å². The molecule has 0 radical (unpaired) electrons. The fourth-order valence-corrected chi connectivity index (χ4v) is 2.51. The van der Waals surface area contributed by atoms with Crippen molar-refractivity contribution in [2.75, 3.05) is 13.1 Å². The van der Waals surface area contributed by atoms with Crippen molar-refractivity contribution in [2.24, 2.45) is 14.1 Å². The van der Waals surface area contributed by atoms with Gasteiger partial charge >= 0.3 is 5.69 Å². The molecule has 2 rings (SSSR count). The molecule has 1 aliphatic rings. The normalized spacial score (nSPS) is 16.2. The lowest BCUT2D eigenvalue weighted by atomic mass is 10.2. The van der Waals surface area contributed by atoms with E-state index >= 15 is 0 Å². The lowest BCUT2D eigenvalue weighted by Crippen LogP contribution is -2.37. The van der Waals surface area contributed by atoms with Gasteiger partial charge in [-0.2, -0.15) is 0 Å². The van der Waals surface area contributed by atoms with E-state index in [1.807, 2.05) is 4.90 Å². The molecular formula is C15H21N3O3. The Bertz CT molecular complexity index is 662. The summed E-state index contributed by atoms with van der Waals surface area (Å²) in [7, 11) is 3.01. The number of aromatic nitrogens is 2. The van der Waals surface area contributed by atoms with E-state index in [0.29, 0.717) is 5.56 Å². The average Bonchev–Trinajstić information content (AvgIpc) is 2.76. The lowest BCUT2D eigenvalue weighted by Gasteiger charge is -2.17. The van der Waals surface area contributed by atoms with Gasteiger partial charge in [-0.3, -0.25) is 14.2 Å². The molecule has 0 unspecified atom stereocenters. The highest BCUT2D eigenvalue weighted by molar-refractivity contribution is 5.91. The van der Waals surface area contributed by atoms with Gasteiger partial charge < -0.3 is 9.47 Å². The summed E-state index contributed by atoms with van der Waals surface area (Å²) in [6.45, 7) is 1.54. The Balaban J connectivity index is 2.19. The maximum Gasteiger partial charge on any atom is 0.330 e. The molecule has 0 atom stereocenters. The zero-order valence-corrected chi connectivity index (χ0v) is 12.5. The van der Waals surface area contributed by atoms with E-state index in [1.165, 1.54) is 30.0 Å². The van der Waals surface area contributed by atoms with Crippen LogP contribution < -0.4 is 11.2 Å². The number of rotatable bonds is 2. The zero-order valence-electron chi connectivity index (χ0n) is 12.5. The number of carbonyl (C=O) groups is 1. The Morgan fingerprint density at radius 3 is 2.33 bits per heavy atom. The standard InChI is InChI=1S/C15H21N3O3/c1-16-11-12(14(20)17(2)15(16)21)7-8-13(19)18-9-5-3-4-6-10-18/h7-8,11H,3-6,9-10H2,1-2H3/b8-7+. The highest BCUT2D eigenvalue weighted by Gasteiger charge is 2.13. The number of hydrogen-bond acceptors (Lipinski definition) is 3. The molecule has 21 heavy (non-hydrogen) atoms. The predicted octanol–water partition coefficient (Wildman–Crippen LogP) is 0.500. The minimum atomic E-state index is -0.391. The van der Waals surface area contributed by atoms with Crippen LogP contribution in [0.1, 0.15) is 31.2 Å². The van der Waals surface area contributed by atoms with Gasteiger partial charge in [0, 0.05) is 39.5 Å². The van der Waals surface area contributed by atoms with E-state index in [4.69, 9.17) is 0 Å². The fraction of sp³-hybridized carbons (Fsp3) is 0.533. The highest BCUT2D eigenvalue weighted by atomic mass is 16.2. The Labute approximate surface area is 123 Å². The van der Waals surface area contributed by atoms with Crippen LogP contribution in [0.3, 0.4) is 0 Å². The number of nitrogens with zero attached hydrogens (tertiary/aromatic N) is 3. The molecule has 1 aromatic heterocycles. The van der Waals surface area contributed by atoms with E-state index < -0.39 is 5.56 Å². The third kappa shape index (κ3) is 3.51. The summed E-state index contributed by atoms with van der Waals surface area (Å²) >= 11 is 0. The van der Waals surface area contributed by atoms with Gasteiger partial charge in [0.25, 0.3) is 5.56 Å². The molecular weight excluding hydrogens is 270 g/mol. The van der Waals surface area contributed by atoms with Crippen molar-refractivity contribution in [1.29, 1.82) is 0 Å². The maximum atomic E-state index is 12.1. The summed E-state index contributed by atoms with van der Waals surface area (Å²) in [6.07, 6.45) is 8.75. The van der Waals surface area contributed by atoms with Crippen molar-refractivity contribution in [3.05, 3.63) is 38.7 Å². The first-order chi connectivity index (χ1) is 10.0. The number of aryl methyl sites for hydroxylation is 1. The topological polar surface area (TPSA) is 64.3 Å². The van der Waals surface area contributed by atoms with Crippen molar-refractivity contribution >= 4 is 12.0 Å². The van der Waals surface area contributed by atoms with Crippen LogP contribution in [0.2, 0.25) is 0 Å². The van der Waals surface area contributed by atoms with Gasteiger partial charge in [-0.15, -0.1) is 0 Å². The summed E-state index contributed by atoms with van der Waals surface area (Å²) in [5.74, 6) is -0.0761. The largest absolute Gasteiger partial charge is 0.339 e. The number of likely N-dealkylation sites (tertiary alicyclic amines) is 1. The van der Waals surface area contributed by atoms with Crippen molar-refractivity contribution in [3.63, 3.8) is 0 Å². The van der Waals surface area contributed by atoms with Crippen LogP contribution >= 0.6 is 0 Å². The van der Waals surface area contributed by atoms with E-state index in [0.717, 1.165) is 43.3 Å².